The number of aliphatic hydroxyl groups excluding tert-OH is 4. The van der Waals surface area contributed by atoms with Crippen molar-refractivity contribution in [2.45, 2.75) is 161 Å². The van der Waals surface area contributed by atoms with Crippen molar-refractivity contribution in [2.75, 3.05) is 6.61 Å². The predicted octanol–water partition coefficient (Wildman–Crippen LogP) is 2.57. The highest BCUT2D eigenvalue weighted by atomic mass is 16.7. The van der Waals surface area contributed by atoms with Gasteiger partial charge < -0.3 is 49.6 Å². The van der Waals surface area contributed by atoms with E-state index < -0.39 is 71.1 Å². The van der Waals surface area contributed by atoms with Gasteiger partial charge >= 0.3 is 5.97 Å². The zero-order valence-corrected chi connectivity index (χ0v) is 29.8. The third kappa shape index (κ3) is 4.35. The van der Waals surface area contributed by atoms with Crippen LogP contribution in [0.3, 0.4) is 0 Å². The Morgan fingerprint density at radius 2 is 1.75 bits per heavy atom. The third-order valence-corrected chi connectivity index (χ3v) is 15.2. The Morgan fingerprint density at radius 3 is 2.40 bits per heavy atom. The Hall–Kier alpha value is -1.15. The second-order valence-electron chi connectivity index (χ2n) is 18.4. The van der Waals surface area contributed by atoms with E-state index in [4.69, 9.17) is 18.9 Å². The van der Waals surface area contributed by atoms with Crippen LogP contribution in [0.25, 0.3) is 0 Å². The maximum absolute atomic E-state index is 12.6. The molecule has 11 nitrogen and oxygen atoms in total. The molecule has 0 amide bonds. The van der Waals surface area contributed by atoms with Crippen LogP contribution in [0.15, 0.2) is 11.6 Å². The smallest absolute Gasteiger partial charge is 0.303 e. The summed E-state index contributed by atoms with van der Waals surface area (Å²) in [6, 6.07) is 0. The van der Waals surface area contributed by atoms with Crippen molar-refractivity contribution in [3.63, 3.8) is 0 Å². The average Bonchev–Trinajstić information content (AvgIpc) is 3.62. The lowest BCUT2D eigenvalue weighted by Crippen LogP contribution is -2.61. The van der Waals surface area contributed by atoms with Gasteiger partial charge in [-0.1, -0.05) is 46.3 Å². The van der Waals surface area contributed by atoms with E-state index >= 15 is 0 Å². The van der Waals surface area contributed by atoms with Crippen molar-refractivity contribution >= 4 is 5.97 Å². The highest BCUT2D eigenvalue weighted by Crippen LogP contribution is 2.88. The molecule has 6 fully saturated rings. The summed E-state index contributed by atoms with van der Waals surface area (Å²) < 4.78 is 24.2. The number of carbonyl (C=O) groups excluding carboxylic acids is 1. The molecule has 16 atom stereocenters. The first-order valence-corrected chi connectivity index (χ1v) is 18.1. The van der Waals surface area contributed by atoms with Gasteiger partial charge in [0.25, 0.3) is 0 Å². The van der Waals surface area contributed by atoms with Crippen molar-refractivity contribution in [1.29, 1.82) is 0 Å². The number of esters is 1. The van der Waals surface area contributed by atoms with Gasteiger partial charge in [0.2, 0.25) is 0 Å². The van der Waals surface area contributed by atoms with E-state index in [0.29, 0.717) is 6.42 Å². The van der Waals surface area contributed by atoms with Gasteiger partial charge in [0.15, 0.2) is 18.2 Å². The summed E-state index contributed by atoms with van der Waals surface area (Å²) in [6.45, 7) is 15.2. The first-order chi connectivity index (χ1) is 22.1. The van der Waals surface area contributed by atoms with Crippen LogP contribution in [-0.4, -0.2) is 104 Å². The molecule has 11 heteroatoms. The molecule has 0 aromatic carbocycles. The van der Waals surface area contributed by atoms with Gasteiger partial charge in [-0.15, -0.1) is 0 Å². The molecule has 7 aliphatic rings. The fraction of sp³-hybridized carbons (Fsp3) is 0.919. The number of rotatable bonds is 5. The number of carbonyl (C=O) groups is 1. The van der Waals surface area contributed by atoms with E-state index in [-0.39, 0.29) is 46.7 Å². The number of aliphatic hydroxyl groups is 6. The molecule has 7 rings (SSSR count). The standard InChI is InChI=1S/C37H58O11/c1-18-15-21(28(32(5,6)43)46-19(2)38)48-37(44)27(18)33(7)13-14-36-17-35(36)12-11-24(47-29-26(41)25(40)20(39)16-45-29)31(3,4)22(35)9-10-23(36)34(33,8)30(37)42/h10,18,20-22,24-30,39-44H,9,11-17H2,1-8H3/t18-,20-,21?,22+,24+,25+,26-,27-,28-,29+,30-,33-,34-,35-,36+,37-/m1/s1. The van der Waals surface area contributed by atoms with Crippen LogP contribution in [-0.2, 0) is 23.7 Å². The van der Waals surface area contributed by atoms with E-state index in [2.05, 4.69) is 40.7 Å². The first kappa shape index (κ1) is 35.3. The maximum Gasteiger partial charge on any atom is 0.303 e. The van der Waals surface area contributed by atoms with E-state index in [0.717, 1.165) is 38.5 Å². The van der Waals surface area contributed by atoms with E-state index in [1.807, 2.05) is 0 Å². The quantitative estimate of drug-likeness (QED) is 0.186. The third-order valence-electron chi connectivity index (χ3n) is 15.2. The van der Waals surface area contributed by atoms with Gasteiger partial charge in [0.1, 0.15) is 30.5 Å². The molecule has 0 bridgehead atoms. The Labute approximate surface area is 284 Å². The molecular formula is C37H58O11. The number of hydrogen-bond acceptors (Lipinski definition) is 11. The SMILES string of the molecule is CC(=O)O[C@H](C1C[C@@H](C)[C@H]2[C@@](O)(O1)[C@H](O)[C@@]1(C)C3=CC[C@H]4C(C)(C)[C@@H](O[C@@H]5OC[C@@H](O)[C@H](O)[C@H]5O)CC[C@@]45C[C@@]35CC[C@]21C)C(C)(C)O. The summed E-state index contributed by atoms with van der Waals surface area (Å²) in [6.07, 6.45) is -0.0661. The Bertz CT molecular complexity index is 1360. The number of allylic oxidation sites excluding steroid dienone is 1. The molecule has 0 aromatic rings. The molecule has 4 saturated carbocycles. The van der Waals surface area contributed by atoms with Crippen molar-refractivity contribution in [3.05, 3.63) is 11.6 Å². The first-order valence-electron chi connectivity index (χ1n) is 18.1. The van der Waals surface area contributed by atoms with E-state index in [1.165, 1.54) is 12.5 Å². The molecule has 0 aromatic heterocycles. The zero-order chi connectivity index (χ0) is 35.2. The van der Waals surface area contributed by atoms with Crippen LogP contribution < -0.4 is 0 Å². The maximum atomic E-state index is 12.6. The predicted molar refractivity (Wildman–Crippen MR) is 172 cm³/mol. The van der Waals surface area contributed by atoms with E-state index in [1.54, 1.807) is 13.8 Å². The molecule has 48 heavy (non-hydrogen) atoms. The number of fused-ring (bicyclic) bond motifs is 4. The van der Waals surface area contributed by atoms with Gasteiger partial charge in [-0.2, -0.15) is 0 Å². The van der Waals surface area contributed by atoms with E-state index in [9.17, 15) is 35.4 Å². The van der Waals surface area contributed by atoms with Crippen molar-refractivity contribution < 1.29 is 54.4 Å². The summed E-state index contributed by atoms with van der Waals surface area (Å²) >= 11 is 0. The summed E-state index contributed by atoms with van der Waals surface area (Å²) in [5.74, 6) is -2.63. The highest BCUT2D eigenvalue weighted by molar-refractivity contribution is 5.66. The van der Waals surface area contributed by atoms with Gasteiger partial charge in [-0.3, -0.25) is 4.79 Å². The number of hydrogen-bond donors (Lipinski definition) is 6. The number of ether oxygens (including phenoxy) is 4. The molecular weight excluding hydrogens is 620 g/mol. The van der Waals surface area contributed by atoms with Crippen LogP contribution in [0.2, 0.25) is 0 Å². The minimum absolute atomic E-state index is 0.0129. The van der Waals surface area contributed by atoms with Crippen LogP contribution >= 0.6 is 0 Å². The normalized spacial score (nSPS) is 54.4. The lowest BCUT2D eigenvalue weighted by molar-refractivity contribution is -0.341. The van der Waals surface area contributed by atoms with Gasteiger partial charge in [-0.05, 0) is 92.3 Å². The van der Waals surface area contributed by atoms with Crippen molar-refractivity contribution in [3.8, 4) is 0 Å². The second-order valence-corrected chi connectivity index (χ2v) is 18.4. The molecule has 2 saturated heterocycles. The molecule has 5 aliphatic carbocycles. The molecule has 1 unspecified atom stereocenters. The molecule has 2 aliphatic heterocycles. The van der Waals surface area contributed by atoms with Crippen LogP contribution in [0, 0.1) is 44.8 Å². The van der Waals surface area contributed by atoms with Crippen LogP contribution in [0.4, 0.5) is 0 Å². The average molecular weight is 679 g/mol. The monoisotopic (exact) mass is 678 g/mol. The Morgan fingerprint density at radius 1 is 1.06 bits per heavy atom. The molecule has 2 heterocycles. The zero-order valence-electron chi connectivity index (χ0n) is 29.8. The van der Waals surface area contributed by atoms with Gasteiger partial charge in [0, 0.05) is 18.3 Å². The largest absolute Gasteiger partial charge is 0.457 e. The fourth-order valence-electron chi connectivity index (χ4n) is 13.0. The van der Waals surface area contributed by atoms with Gasteiger partial charge in [0.05, 0.1) is 18.3 Å². The van der Waals surface area contributed by atoms with Gasteiger partial charge in [-0.25, -0.2) is 0 Å². The summed E-state index contributed by atoms with van der Waals surface area (Å²) in [4.78, 5) is 12.1. The molecule has 272 valence electrons. The van der Waals surface area contributed by atoms with Crippen molar-refractivity contribution in [2.24, 2.45) is 44.8 Å². The van der Waals surface area contributed by atoms with Crippen LogP contribution in [0.1, 0.15) is 100 Å². The topological polar surface area (TPSA) is 175 Å². The lowest BCUT2D eigenvalue weighted by atomic mass is 9.44. The minimum atomic E-state index is -1.90. The van der Waals surface area contributed by atoms with Crippen LogP contribution in [0.5, 0.6) is 0 Å². The summed E-state index contributed by atoms with van der Waals surface area (Å²) in [5.41, 5.74) is -1.83. The summed E-state index contributed by atoms with van der Waals surface area (Å²) in [7, 11) is 0. The Balaban J connectivity index is 1.20. The molecule has 2 spiro atoms. The minimum Gasteiger partial charge on any atom is -0.457 e. The lowest BCUT2D eigenvalue weighted by Gasteiger charge is -2.60. The summed E-state index contributed by atoms with van der Waals surface area (Å²) in [5, 5.41) is 66.9. The highest BCUT2D eigenvalue weighted by Gasteiger charge is 2.85. The molecule has 6 N–H and O–H groups in total. The second kappa shape index (κ2) is 10.7. The molecule has 0 radical (unpaired) electrons. The van der Waals surface area contributed by atoms with Crippen molar-refractivity contribution in [1.82, 2.24) is 0 Å². The Kier molecular flexibility index (Phi) is 7.86. The fourth-order valence-corrected chi connectivity index (χ4v) is 13.0.